The third-order valence-corrected chi connectivity index (χ3v) is 7.00. The van der Waals surface area contributed by atoms with Crippen LogP contribution in [0.3, 0.4) is 0 Å². The van der Waals surface area contributed by atoms with Gasteiger partial charge in [0.2, 0.25) is 5.82 Å². The number of amides is 1. The quantitative estimate of drug-likeness (QED) is 0.286. The minimum absolute atomic E-state index is 0.145. The molecule has 1 amide bonds. The largest absolute Gasteiger partial charge is 0.382 e. The van der Waals surface area contributed by atoms with E-state index in [1.165, 1.54) is 6.07 Å². The van der Waals surface area contributed by atoms with Gasteiger partial charge in [-0.2, -0.15) is 5.10 Å². The summed E-state index contributed by atoms with van der Waals surface area (Å²) in [4.78, 5) is 25.2. The van der Waals surface area contributed by atoms with Gasteiger partial charge in [-0.05, 0) is 43.1 Å². The maximum Gasteiger partial charge on any atom is 0.251 e. The summed E-state index contributed by atoms with van der Waals surface area (Å²) < 4.78 is 15.5. The van der Waals surface area contributed by atoms with Crippen LogP contribution >= 0.6 is 15.9 Å². The highest BCUT2D eigenvalue weighted by atomic mass is 79.9. The highest BCUT2D eigenvalue weighted by molar-refractivity contribution is 9.10. The summed E-state index contributed by atoms with van der Waals surface area (Å²) in [5, 5.41) is 10.7. The molecule has 1 atom stereocenters. The monoisotopic (exact) mass is 550 g/mol. The third-order valence-electron chi connectivity index (χ3n) is 6.25. The number of halogens is 2. The molecule has 1 saturated heterocycles. The number of hydrogen-bond acceptors (Lipinski definition) is 7. The number of nitrogens with zero attached hydrogens (tertiary/aromatic N) is 4. The minimum atomic E-state index is -0.811. The maximum atomic E-state index is 14.9. The predicted octanol–water partition coefficient (Wildman–Crippen LogP) is 3.57. The molecule has 0 radical (unpaired) electrons. The second-order valence-electron chi connectivity index (χ2n) is 8.71. The molecule has 0 bridgehead atoms. The molecule has 0 spiro atoms. The van der Waals surface area contributed by atoms with Crippen LogP contribution in [-0.2, 0) is 6.42 Å². The summed E-state index contributed by atoms with van der Waals surface area (Å²) in [5.41, 5.74) is 14.2. The second-order valence-corrected chi connectivity index (χ2v) is 9.56. The van der Waals surface area contributed by atoms with E-state index in [2.05, 4.69) is 41.4 Å². The molecule has 184 valence electrons. The lowest BCUT2D eigenvalue weighted by Crippen LogP contribution is -2.28. The van der Waals surface area contributed by atoms with Crippen molar-refractivity contribution in [2.75, 3.05) is 18.8 Å². The van der Waals surface area contributed by atoms with Crippen molar-refractivity contribution in [2.24, 2.45) is 5.73 Å². The van der Waals surface area contributed by atoms with E-state index in [1.807, 2.05) is 24.3 Å². The van der Waals surface area contributed by atoms with Crippen molar-refractivity contribution < 1.29 is 9.18 Å². The zero-order valence-electron chi connectivity index (χ0n) is 19.3. The summed E-state index contributed by atoms with van der Waals surface area (Å²) in [6.07, 6.45) is 3.95. The summed E-state index contributed by atoms with van der Waals surface area (Å²) in [5.74, 6) is 0.253. The molecular weight excluding hydrogens is 527 g/mol. The van der Waals surface area contributed by atoms with Gasteiger partial charge in [0, 0.05) is 34.5 Å². The maximum absolute atomic E-state index is 14.9. The molecule has 36 heavy (non-hydrogen) atoms. The Morgan fingerprint density at radius 1 is 1.22 bits per heavy atom. The van der Waals surface area contributed by atoms with Gasteiger partial charge in [-0.3, -0.25) is 9.89 Å². The molecule has 1 aliphatic rings. The highest BCUT2D eigenvalue weighted by Gasteiger charge is 2.21. The number of nitrogen functional groups attached to an aromatic ring is 1. The smallest absolute Gasteiger partial charge is 0.251 e. The van der Waals surface area contributed by atoms with Crippen molar-refractivity contribution >= 4 is 27.7 Å². The lowest BCUT2D eigenvalue weighted by Gasteiger charge is -2.20. The van der Waals surface area contributed by atoms with Crippen molar-refractivity contribution in [3.8, 4) is 22.8 Å². The van der Waals surface area contributed by atoms with Crippen LogP contribution in [0.15, 0.2) is 47.1 Å². The Hall–Kier alpha value is -3.70. The van der Waals surface area contributed by atoms with Gasteiger partial charge in [0.15, 0.2) is 11.5 Å². The number of anilines is 1. The number of benzene rings is 2. The highest BCUT2D eigenvalue weighted by Crippen LogP contribution is 2.29. The van der Waals surface area contributed by atoms with Crippen LogP contribution in [0.1, 0.15) is 46.1 Å². The molecule has 0 saturated carbocycles. The first-order valence-electron chi connectivity index (χ1n) is 11.5. The standard InChI is InChI=1S/C25H24BrFN8O/c26-18-7-6-16(23(29)36)20(27)17(18)10-13-3-1-4-14(9-13)19-12-31-22(28)21(32-19)25-33-24(34-35-25)15-5-2-8-30-11-15/h1,3-4,6-7,9,12,15,30H,2,5,8,10-11H2,(H2,28,31)(H2,29,36)(H,33,34,35)/t15-/m0/s1. The number of piperidine rings is 1. The number of primary amides is 1. The van der Waals surface area contributed by atoms with Gasteiger partial charge < -0.3 is 16.8 Å². The summed E-state index contributed by atoms with van der Waals surface area (Å²) in [6.45, 7) is 1.86. The van der Waals surface area contributed by atoms with Gasteiger partial charge in [0.25, 0.3) is 5.91 Å². The molecule has 5 rings (SSSR count). The Kier molecular flexibility index (Phi) is 6.75. The van der Waals surface area contributed by atoms with Gasteiger partial charge in [-0.1, -0.05) is 34.1 Å². The van der Waals surface area contributed by atoms with Crippen molar-refractivity contribution in [3.63, 3.8) is 0 Å². The fourth-order valence-electron chi connectivity index (χ4n) is 4.34. The molecular formula is C25H24BrFN8O. The zero-order valence-corrected chi connectivity index (χ0v) is 20.8. The molecule has 11 heteroatoms. The van der Waals surface area contributed by atoms with Crippen molar-refractivity contribution in [2.45, 2.75) is 25.2 Å². The number of nitrogens with one attached hydrogen (secondary N) is 2. The van der Waals surface area contributed by atoms with Crippen molar-refractivity contribution in [1.82, 2.24) is 30.5 Å². The second kappa shape index (κ2) is 10.1. The average molecular weight is 551 g/mol. The number of carbonyl (C=O) groups is 1. The number of nitrogens with two attached hydrogens (primary N) is 2. The van der Waals surface area contributed by atoms with E-state index in [-0.39, 0.29) is 23.7 Å². The van der Waals surface area contributed by atoms with E-state index in [4.69, 9.17) is 16.5 Å². The van der Waals surface area contributed by atoms with Crippen LogP contribution < -0.4 is 16.8 Å². The Bertz CT molecular complexity index is 1430. The number of hydrogen-bond donors (Lipinski definition) is 4. The zero-order chi connectivity index (χ0) is 25.2. The Morgan fingerprint density at radius 3 is 2.86 bits per heavy atom. The molecule has 0 aliphatic carbocycles. The number of carbonyl (C=O) groups excluding carboxylic acids is 1. The van der Waals surface area contributed by atoms with Gasteiger partial charge in [-0.25, -0.2) is 19.3 Å². The molecule has 1 fully saturated rings. The Balaban J connectivity index is 1.44. The van der Waals surface area contributed by atoms with E-state index in [0.717, 1.165) is 42.9 Å². The molecule has 4 aromatic rings. The lowest BCUT2D eigenvalue weighted by molar-refractivity contribution is 0.0996. The lowest BCUT2D eigenvalue weighted by atomic mass is 9.99. The van der Waals surface area contributed by atoms with E-state index in [1.54, 1.807) is 12.3 Å². The molecule has 9 nitrogen and oxygen atoms in total. The van der Waals surface area contributed by atoms with Crippen LogP contribution in [-0.4, -0.2) is 44.1 Å². The fourth-order valence-corrected chi connectivity index (χ4v) is 4.79. The van der Waals surface area contributed by atoms with Crippen LogP contribution in [0, 0.1) is 5.82 Å². The molecule has 3 heterocycles. The molecule has 1 aliphatic heterocycles. The number of aromatic amines is 1. The third kappa shape index (κ3) is 4.84. The summed E-state index contributed by atoms with van der Waals surface area (Å²) in [6, 6.07) is 10.5. The van der Waals surface area contributed by atoms with Crippen LogP contribution in [0.5, 0.6) is 0 Å². The van der Waals surface area contributed by atoms with E-state index < -0.39 is 11.7 Å². The Labute approximate surface area is 215 Å². The molecule has 2 aromatic heterocycles. The summed E-state index contributed by atoms with van der Waals surface area (Å²) in [7, 11) is 0. The normalized spacial score (nSPS) is 15.7. The topological polar surface area (TPSA) is 148 Å². The van der Waals surface area contributed by atoms with Crippen molar-refractivity contribution in [3.05, 3.63) is 75.4 Å². The van der Waals surface area contributed by atoms with E-state index in [9.17, 15) is 9.18 Å². The predicted molar refractivity (Wildman–Crippen MR) is 138 cm³/mol. The Morgan fingerprint density at radius 2 is 2.08 bits per heavy atom. The van der Waals surface area contributed by atoms with Crippen LogP contribution in [0.2, 0.25) is 0 Å². The van der Waals surface area contributed by atoms with Gasteiger partial charge in [0.05, 0.1) is 17.5 Å². The first-order chi connectivity index (χ1) is 17.4. The van der Waals surface area contributed by atoms with Crippen LogP contribution in [0.25, 0.3) is 22.8 Å². The molecule has 2 aromatic carbocycles. The van der Waals surface area contributed by atoms with Crippen molar-refractivity contribution in [1.29, 1.82) is 0 Å². The number of H-pyrrole nitrogens is 1. The number of rotatable bonds is 6. The van der Waals surface area contributed by atoms with Gasteiger partial charge >= 0.3 is 0 Å². The average Bonchev–Trinajstić information content (AvgIpc) is 3.37. The summed E-state index contributed by atoms with van der Waals surface area (Å²) >= 11 is 3.38. The SMILES string of the molecule is NC(=O)c1ccc(Br)c(Cc2cccc(-c3cnc(N)c(-c4n[nH]c([C@H]5CCCNC5)n4)n3)c2)c1F. The van der Waals surface area contributed by atoms with Gasteiger partial charge in [0.1, 0.15) is 11.6 Å². The molecule has 6 N–H and O–H groups in total. The minimum Gasteiger partial charge on any atom is -0.382 e. The molecule has 0 unspecified atom stereocenters. The van der Waals surface area contributed by atoms with Gasteiger partial charge in [-0.15, -0.1) is 0 Å². The van der Waals surface area contributed by atoms with E-state index >= 15 is 0 Å². The number of aromatic nitrogens is 5. The van der Waals surface area contributed by atoms with Crippen LogP contribution in [0.4, 0.5) is 10.2 Å². The first kappa shape index (κ1) is 24.0. The first-order valence-corrected chi connectivity index (χ1v) is 12.3. The fraction of sp³-hybridized carbons (Fsp3) is 0.240. The van der Waals surface area contributed by atoms with E-state index in [0.29, 0.717) is 27.2 Å².